The summed E-state index contributed by atoms with van der Waals surface area (Å²) in [5.41, 5.74) is 0. The van der Waals surface area contributed by atoms with Crippen LogP contribution in [0.4, 0.5) is 0 Å². The van der Waals surface area contributed by atoms with Crippen molar-refractivity contribution in [2.75, 3.05) is 0 Å². The first-order valence-electron chi connectivity index (χ1n) is 3.64. The third-order valence-corrected chi connectivity index (χ3v) is 1.97. The van der Waals surface area contributed by atoms with Crippen molar-refractivity contribution in [1.29, 1.82) is 0 Å². The van der Waals surface area contributed by atoms with Crippen LogP contribution in [-0.2, 0) is 0 Å². The SMILES string of the molecule is O=NN([O-])C1CCCCC1.[K+]. The molecule has 0 aromatic heterocycles. The average Bonchev–Trinajstić information content (AvgIpc) is 2.05. The molecule has 5 heteroatoms. The topological polar surface area (TPSA) is 55.7 Å². The number of hydrogen-bond acceptors (Lipinski definition) is 3. The Morgan fingerprint density at radius 1 is 1.27 bits per heavy atom. The van der Waals surface area contributed by atoms with Gasteiger partial charge in [-0.15, -0.1) is 4.91 Å². The van der Waals surface area contributed by atoms with Crippen LogP contribution < -0.4 is 51.4 Å². The first kappa shape index (κ1) is 12.0. The van der Waals surface area contributed by atoms with E-state index in [0.29, 0.717) is 5.17 Å². The van der Waals surface area contributed by atoms with E-state index in [1.165, 1.54) is 6.42 Å². The minimum Gasteiger partial charge on any atom is -0.739 e. The van der Waals surface area contributed by atoms with Crippen LogP contribution in [0.5, 0.6) is 0 Å². The van der Waals surface area contributed by atoms with Crippen LogP contribution in [-0.4, -0.2) is 11.2 Å². The molecule has 0 amide bonds. The van der Waals surface area contributed by atoms with Crippen LogP contribution in [0.25, 0.3) is 0 Å². The molecule has 0 N–H and O–H groups in total. The van der Waals surface area contributed by atoms with E-state index >= 15 is 0 Å². The predicted octanol–water partition coefficient (Wildman–Crippen LogP) is -1.20. The van der Waals surface area contributed by atoms with Crippen molar-refractivity contribution in [1.82, 2.24) is 5.17 Å². The maximum absolute atomic E-state index is 10.6. The van der Waals surface area contributed by atoms with Gasteiger partial charge in [0.05, 0.1) is 0 Å². The van der Waals surface area contributed by atoms with E-state index in [1.54, 1.807) is 0 Å². The molecular weight excluding hydrogens is 171 g/mol. The summed E-state index contributed by atoms with van der Waals surface area (Å²) in [5, 5.41) is 13.2. The van der Waals surface area contributed by atoms with Crippen molar-refractivity contribution < 1.29 is 51.4 Å². The molecule has 0 aromatic carbocycles. The monoisotopic (exact) mass is 182 g/mol. The van der Waals surface area contributed by atoms with Gasteiger partial charge in [0, 0.05) is 11.3 Å². The Labute approximate surface area is 109 Å². The van der Waals surface area contributed by atoms with Gasteiger partial charge in [0.15, 0.2) is 0 Å². The maximum Gasteiger partial charge on any atom is 1.00 e. The van der Waals surface area contributed by atoms with Crippen LogP contribution in [0.2, 0.25) is 0 Å². The van der Waals surface area contributed by atoms with Crippen LogP contribution in [0, 0.1) is 10.1 Å². The first-order chi connectivity index (χ1) is 4.84. The standard InChI is InChI=1S/C6H11N2O2.K/c9-7-8(10)6-4-2-1-3-5-6;/h6H,1-5H2;/q-1;+1. The molecule has 0 aromatic rings. The van der Waals surface area contributed by atoms with Gasteiger partial charge in [0.2, 0.25) is 0 Å². The molecular formula is C6H11KN2O2. The second kappa shape index (κ2) is 6.51. The molecule has 58 valence electrons. The van der Waals surface area contributed by atoms with Crippen LogP contribution >= 0.6 is 0 Å². The van der Waals surface area contributed by atoms with Gasteiger partial charge in [-0.05, 0) is 12.8 Å². The molecule has 4 nitrogen and oxygen atoms in total. The number of nitroso groups, excluding NO2 is 1. The second-order valence-corrected chi connectivity index (χ2v) is 2.68. The third-order valence-electron chi connectivity index (χ3n) is 1.97. The number of nitrogens with zero attached hydrogens (tertiary/aromatic N) is 2. The van der Waals surface area contributed by atoms with Gasteiger partial charge >= 0.3 is 51.4 Å². The van der Waals surface area contributed by atoms with Crippen molar-refractivity contribution in [2.24, 2.45) is 5.29 Å². The van der Waals surface area contributed by atoms with Crippen LogP contribution in [0.3, 0.4) is 0 Å². The molecule has 0 spiro atoms. The normalized spacial score (nSPS) is 18.6. The van der Waals surface area contributed by atoms with E-state index in [9.17, 15) is 10.1 Å². The molecule has 0 unspecified atom stereocenters. The minimum atomic E-state index is -0.133. The number of rotatable bonds is 2. The molecule has 1 rings (SSSR count). The number of hydroxylamine groups is 1. The van der Waals surface area contributed by atoms with Crippen molar-refractivity contribution in [3.8, 4) is 0 Å². The van der Waals surface area contributed by atoms with Crippen molar-refractivity contribution >= 4 is 0 Å². The molecule has 0 saturated heterocycles. The Hall–Kier alpha value is 0.996. The zero-order valence-electron chi connectivity index (χ0n) is 6.82. The zero-order valence-corrected chi connectivity index (χ0v) is 9.95. The Balaban J connectivity index is 0.000001000. The summed E-state index contributed by atoms with van der Waals surface area (Å²) in [6, 6.07) is -0.133. The molecule has 0 atom stereocenters. The summed E-state index contributed by atoms with van der Waals surface area (Å²) in [6.07, 6.45) is 4.95. The maximum atomic E-state index is 10.6. The fourth-order valence-electron chi connectivity index (χ4n) is 1.37. The number of hydrogen-bond donors (Lipinski definition) is 0. The van der Waals surface area contributed by atoms with Gasteiger partial charge in [0.25, 0.3) is 0 Å². The molecule has 1 saturated carbocycles. The van der Waals surface area contributed by atoms with Gasteiger partial charge in [-0.2, -0.15) is 0 Å². The Morgan fingerprint density at radius 2 is 1.82 bits per heavy atom. The fourth-order valence-corrected chi connectivity index (χ4v) is 1.37. The zero-order chi connectivity index (χ0) is 7.40. The molecule has 1 aliphatic rings. The summed E-state index contributed by atoms with van der Waals surface area (Å²) in [7, 11) is 0. The second-order valence-electron chi connectivity index (χ2n) is 2.68. The van der Waals surface area contributed by atoms with Gasteiger partial charge in [-0.25, -0.2) is 0 Å². The average molecular weight is 182 g/mol. The quantitative estimate of drug-likeness (QED) is 0.306. The Kier molecular flexibility index (Phi) is 7.09. The van der Waals surface area contributed by atoms with E-state index < -0.39 is 0 Å². The predicted molar refractivity (Wildman–Crippen MR) is 37.9 cm³/mol. The largest absolute Gasteiger partial charge is 1.00 e. The van der Waals surface area contributed by atoms with Crippen molar-refractivity contribution in [2.45, 2.75) is 38.1 Å². The van der Waals surface area contributed by atoms with Crippen molar-refractivity contribution in [3.63, 3.8) is 0 Å². The summed E-state index contributed by atoms with van der Waals surface area (Å²) >= 11 is 0. The van der Waals surface area contributed by atoms with E-state index in [-0.39, 0.29) is 57.4 Å². The Bertz CT molecular complexity index is 117. The van der Waals surface area contributed by atoms with Crippen LogP contribution in [0.1, 0.15) is 32.1 Å². The smallest absolute Gasteiger partial charge is 0.739 e. The molecule has 0 aliphatic heterocycles. The van der Waals surface area contributed by atoms with E-state index in [1.807, 2.05) is 0 Å². The minimum absolute atomic E-state index is 0. The molecule has 11 heavy (non-hydrogen) atoms. The van der Waals surface area contributed by atoms with E-state index in [2.05, 4.69) is 5.29 Å². The first-order valence-corrected chi connectivity index (χ1v) is 3.64. The van der Waals surface area contributed by atoms with Gasteiger partial charge in [-0.1, -0.05) is 19.3 Å². The van der Waals surface area contributed by atoms with Crippen LogP contribution in [0.15, 0.2) is 5.29 Å². The fraction of sp³-hybridized carbons (Fsp3) is 1.00. The summed E-state index contributed by atoms with van der Waals surface area (Å²) < 4.78 is 0. The molecule has 0 heterocycles. The molecule has 1 aliphatic carbocycles. The van der Waals surface area contributed by atoms with E-state index in [4.69, 9.17) is 0 Å². The van der Waals surface area contributed by atoms with Gasteiger partial charge in [-0.3, -0.25) is 0 Å². The summed E-state index contributed by atoms with van der Waals surface area (Å²) in [6.45, 7) is 0. The van der Waals surface area contributed by atoms with E-state index in [0.717, 1.165) is 25.7 Å². The van der Waals surface area contributed by atoms with Crippen molar-refractivity contribution in [3.05, 3.63) is 10.1 Å². The third kappa shape index (κ3) is 3.96. The Morgan fingerprint density at radius 3 is 2.27 bits per heavy atom. The molecule has 1 fully saturated rings. The summed E-state index contributed by atoms with van der Waals surface area (Å²) in [5.74, 6) is 0. The van der Waals surface area contributed by atoms with Gasteiger partial charge < -0.3 is 10.4 Å². The van der Waals surface area contributed by atoms with Gasteiger partial charge in [0.1, 0.15) is 0 Å². The molecule has 0 radical (unpaired) electrons. The summed E-state index contributed by atoms with van der Waals surface area (Å²) in [4.78, 5) is 9.77. The molecule has 0 bridgehead atoms.